The fraction of sp³-hybridized carbons (Fsp3) is 0.474. The van der Waals surface area contributed by atoms with Crippen LogP contribution in [0.2, 0.25) is 0 Å². The third kappa shape index (κ3) is 12.6. The fourth-order valence-electron chi connectivity index (χ4n) is 8.91. The molecule has 334 valence electrons. The largest absolute Gasteiger partial charge is 0.377 e. The van der Waals surface area contributed by atoms with Gasteiger partial charge in [0.25, 0.3) is 0 Å². The van der Waals surface area contributed by atoms with E-state index < -0.39 is 0 Å². The molecule has 0 aromatic heterocycles. The van der Waals surface area contributed by atoms with E-state index in [0.29, 0.717) is 0 Å². The van der Waals surface area contributed by atoms with Gasteiger partial charge in [0.05, 0.1) is 0 Å². The van der Waals surface area contributed by atoms with Gasteiger partial charge in [-0.3, -0.25) is 0 Å². The lowest BCUT2D eigenvalue weighted by Crippen LogP contribution is -2.27. The van der Waals surface area contributed by atoms with Gasteiger partial charge in [-0.25, -0.2) is 0 Å². The van der Waals surface area contributed by atoms with Gasteiger partial charge in [0.2, 0.25) is 0 Å². The zero-order valence-corrected chi connectivity index (χ0v) is 40.8. The van der Waals surface area contributed by atoms with Crippen LogP contribution in [0, 0.1) is 34.6 Å². The molecule has 0 spiro atoms. The molecule has 62 heavy (non-hydrogen) atoms. The van der Waals surface area contributed by atoms with Crippen LogP contribution in [-0.4, -0.2) is 40.3 Å². The van der Waals surface area contributed by atoms with Crippen LogP contribution in [0.4, 0.5) is 51.2 Å². The van der Waals surface area contributed by atoms with Crippen LogP contribution >= 0.6 is 0 Å². The fourth-order valence-corrected chi connectivity index (χ4v) is 8.91. The number of hydrogen-bond acceptors (Lipinski definition) is 5. The summed E-state index contributed by atoms with van der Waals surface area (Å²) in [6.45, 7) is 24.9. The highest BCUT2D eigenvalue weighted by Crippen LogP contribution is 2.42. The molecule has 0 atom stereocenters. The van der Waals surface area contributed by atoms with Crippen molar-refractivity contribution in [2.45, 2.75) is 139 Å². The predicted molar refractivity (Wildman–Crippen MR) is 276 cm³/mol. The molecule has 5 nitrogen and oxygen atoms in total. The minimum absolute atomic E-state index is 1.12. The Labute approximate surface area is 378 Å². The molecule has 0 aliphatic heterocycles. The number of nitrogens with zero attached hydrogens (tertiary/aromatic N) is 5. The first kappa shape index (κ1) is 48.1. The highest BCUT2D eigenvalue weighted by atomic mass is 15.2. The standard InChI is InChI=1S/C57H81N5/c1-12-16-20-36-59(37-21-17-13-2)55-34-32-52(41-47(55)8)61(53-33-35-56(48(9)42-53)60(38-22-18-14-3)39-23-19-15-4)49-28-30-50(31-29-49)62(51-26-24-44(5)46(7)40-51)54-27-25-45(6)57(43-54)58(10)11/h24-35,40-43H,12-23,36-39H2,1-11H3. The van der Waals surface area contributed by atoms with E-state index in [0.717, 1.165) is 48.9 Å². The van der Waals surface area contributed by atoms with Crippen LogP contribution < -0.4 is 24.5 Å². The van der Waals surface area contributed by atoms with Crippen molar-refractivity contribution >= 4 is 51.2 Å². The van der Waals surface area contributed by atoms with Gasteiger partial charge in [0.15, 0.2) is 0 Å². The molecule has 0 heterocycles. The minimum Gasteiger partial charge on any atom is -0.377 e. The molecule has 0 saturated heterocycles. The summed E-state index contributed by atoms with van der Waals surface area (Å²) in [5.41, 5.74) is 17.5. The smallest absolute Gasteiger partial charge is 0.0482 e. The lowest BCUT2D eigenvalue weighted by atomic mass is 10.1. The van der Waals surface area contributed by atoms with Gasteiger partial charge in [-0.15, -0.1) is 0 Å². The molecule has 0 unspecified atom stereocenters. The summed E-state index contributed by atoms with van der Waals surface area (Å²) in [6.07, 6.45) is 15.0. The zero-order valence-electron chi connectivity index (χ0n) is 40.8. The van der Waals surface area contributed by atoms with Gasteiger partial charge in [0, 0.05) is 91.5 Å². The molecule has 5 heteroatoms. The molecule has 0 bridgehead atoms. The van der Waals surface area contributed by atoms with E-state index in [9.17, 15) is 0 Å². The summed E-state index contributed by atoms with van der Waals surface area (Å²) in [6, 6.07) is 37.3. The molecular weight excluding hydrogens is 755 g/mol. The number of hydrogen-bond donors (Lipinski definition) is 0. The SMILES string of the molecule is CCCCCN(CCCCC)c1ccc(N(c2ccc(N(c3ccc(C)c(C)c3)c3ccc(C)c(N(C)C)c3)cc2)c2ccc(N(CCCCC)CCCCC)c(C)c2)cc1C. The van der Waals surface area contributed by atoms with Crippen molar-refractivity contribution < 1.29 is 0 Å². The Hall–Kier alpha value is -4.90. The topological polar surface area (TPSA) is 16.2 Å². The zero-order chi connectivity index (χ0) is 44.6. The van der Waals surface area contributed by atoms with Gasteiger partial charge in [-0.1, -0.05) is 91.2 Å². The number of aryl methyl sites for hydroxylation is 5. The average Bonchev–Trinajstić information content (AvgIpc) is 3.25. The molecule has 0 amide bonds. The van der Waals surface area contributed by atoms with E-state index in [2.05, 4.69) is 198 Å². The van der Waals surface area contributed by atoms with E-state index in [1.165, 1.54) is 133 Å². The molecule has 5 aromatic carbocycles. The predicted octanol–water partition coefficient (Wildman–Crippen LogP) is 16.6. The maximum Gasteiger partial charge on any atom is 0.0482 e. The van der Waals surface area contributed by atoms with Crippen molar-refractivity contribution in [1.82, 2.24) is 0 Å². The highest BCUT2D eigenvalue weighted by molar-refractivity contribution is 5.84. The van der Waals surface area contributed by atoms with Crippen LogP contribution in [0.15, 0.2) is 97.1 Å². The third-order valence-electron chi connectivity index (χ3n) is 12.7. The Bertz CT molecular complexity index is 2020. The molecule has 0 radical (unpaired) electrons. The van der Waals surface area contributed by atoms with Crippen LogP contribution in [0.25, 0.3) is 0 Å². The van der Waals surface area contributed by atoms with Crippen LogP contribution in [0.5, 0.6) is 0 Å². The van der Waals surface area contributed by atoms with Crippen molar-refractivity contribution in [3.8, 4) is 0 Å². The normalized spacial score (nSPS) is 11.2. The maximum absolute atomic E-state index is 2.66. The summed E-state index contributed by atoms with van der Waals surface area (Å²) in [4.78, 5) is 12.4. The van der Waals surface area contributed by atoms with Gasteiger partial charge >= 0.3 is 0 Å². The molecule has 5 aromatic rings. The Balaban J connectivity index is 1.62. The summed E-state index contributed by atoms with van der Waals surface area (Å²) in [5.74, 6) is 0. The summed E-state index contributed by atoms with van der Waals surface area (Å²) < 4.78 is 0. The van der Waals surface area contributed by atoms with Crippen LogP contribution in [0.3, 0.4) is 0 Å². The molecular formula is C57H81N5. The average molecular weight is 836 g/mol. The summed E-state index contributed by atoms with van der Waals surface area (Å²) >= 11 is 0. The van der Waals surface area contributed by atoms with E-state index in [4.69, 9.17) is 0 Å². The van der Waals surface area contributed by atoms with Gasteiger partial charge < -0.3 is 24.5 Å². The van der Waals surface area contributed by atoms with E-state index in [1.54, 1.807) is 0 Å². The summed E-state index contributed by atoms with van der Waals surface area (Å²) in [7, 11) is 4.26. The van der Waals surface area contributed by atoms with Crippen molar-refractivity contribution in [2.24, 2.45) is 0 Å². The number of anilines is 9. The first-order valence-electron chi connectivity index (χ1n) is 24.3. The Morgan fingerprint density at radius 1 is 0.306 bits per heavy atom. The molecule has 0 aliphatic carbocycles. The van der Waals surface area contributed by atoms with Crippen LogP contribution in [0.1, 0.15) is 133 Å². The van der Waals surface area contributed by atoms with Crippen LogP contribution in [-0.2, 0) is 0 Å². The Morgan fingerprint density at radius 3 is 0.968 bits per heavy atom. The number of rotatable bonds is 25. The lowest BCUT2D eigenvalue weighted by molar-refractivity contribution is 0.635. The molecule has 0 fully saturated rings. The maximum atomic E-state index is 2.66. The van der Waals surface area contributed by atoms with Gasteiger partial charge in [0.1, 0.15) is 0 Å². The van der Waals surface area contributed by atoms with E-state index in [-0.39, 0.29) is 0 Å². The first-order chi connectivity index (χ1) is 30.0. The lowest BCUT2D eigenvalue weighted by Gasteiger charge is -2.32. The first-order valence-corrected chi connectivity index (χ1v) is 24.3. The van der Waals surface area contributed by atoms with Gasteiger partial charge in [-0.2, -0.15) is 0 Å². The second-order valence-electron chi connectivity index (χ2n) is 18.1. The monoisotopic (exact) mass is 836 g/mol. The molecule has 5 rings (SSSR count). The van der Waals surface area contributed by atoms with Crippen molar-refractivity contribution in [2.75, 3.05) is 64.8 Å². The van der Waals surface area contributed by atoms with Crippen molar-refractivity contribution in [3.05, 3.63) is 125 Å². The Morgan fingerprint density at radius 2 is 0.629 bits per heavy atom. The van der Waals surface area contributed by atoms with E-state index in [1.807, 2.05) is 0 Å². The van der Waals surface area contributed by atoms with Gasteiger partial charge in [-0.05, 0) is 173 Å². The molecule has 0 aliphatic rings. The van der Waals surface area contributed by atoms with Crippen molar-refractivity contribution in [3.63, 3.8) is 0 Å². The minimum atomic E-state index is 1.12. The number of unbranched alkanes of at least 4 members (excludes halogenated alkanes) is 8. The third-order valence-corrected chi connectivity index (χ3v) is 12.7. The van der Waals surface area contributed by atoms with Crippen molar-refractivity contribution in [1.29, 1.82) is 0 Å². The molecule has 0 N–H and O–H groups in total. The quantitative estimate of drug-likeness (QED) is 0.0543. The Kier molecular flexibility index (Phi) is 18.7. The highest BCUT2D eigenvalue weighted by Gasteiger charge is 2.20. The summed E-state index contributed by atoms with van der Waals surface area (Å²) in [5, 5.41) is 0. The second kappa shape index (κ2) is 24.1. The molecule has 0 saturated carbocycles. The number of benzene rings is 5. The second-order valence-corrected chi connectivity index (χ2v) is 18.1. The van der Waals surface area contributed by atoms with E-state index >= 15 is 0 Å².